The molecule has 0 saturated heterocycles. The number of nitro groups is 1. The molecule has 0 radical (unpaired) electrons. The lowest BCUT2D eigenvalue weighted by molar-refractivity contribution is -0.383. The molecular formula is C16H13Cl3N2O4. The average molecular weight is 404 g/mol. The van der Waals surface area contributed by atoms with E-state index < -0.39 is 17.4 Å². The molecular weight excluding hydrogens is 391 g/mol. The highest BCUT2D eigenvalue weighted by Crippen LogP contribution is 2.42. The van der Waals surface area contributed by atoms with E-state index in [0.717, 1.165) is 0 Å². The molecule has 1 N–H and O–H groups in total. The maximum absolute atomic E-state index is 12.0. The van der Waals surface area contributed by atoms with Crippen LogP contribution in [0.25, 0.3) is 0 Å². The zero-order chi connectivity index (χ0) is 18.7. The minimum Gasteiger partial charge on any atom is -0.481 e. The van der Waals surface area contributed by atoms with E-state index >= 15 is 0 Å². The summed E-state index contributed by atoms with van der Waals surface area (Å²) in [4.78, 5) is 22.4. The molecule has 0 aromatic heterocycles. The number of ether oxygens (including phenoxy) is 1. The van der Waals surface area contributed by atoms with Gasteiger partial charge >= 0.3 is 0 Å². The van der Waals surface area contributed by atoms with E-state index in [-0.39, 0.29) is 27.2 Å². The molecule has 0 heterocycles. The smallest absolute Gasteiger partial charge is 0.292 e. The van der Waals surface area contributed by atoms with Crippen LogP contribution in [0.5, 0.6) is 5.75 Å². The maximum atomic E-state index is 12.0. The average Bonchev–Trinajstić information content (AvgIpc) is 2.58. The second kappa shape index (κ2) is 7.91. The van der Waals surface area contributed by atoms with Gasteiger partial charge in [0, 0.05) is 11.1 Å². The van der Waals surface area contributed by atoms with Crippen LogP contribution in [0.3, 0.4) is 0 Å². The fourth-order valence-electron chi connectivity index (χ4n) is 2.10. The van der Waals surface area contributed by atoms with Crippen molar-refractivity contribution in [1.82, 2.24) is 0 Å². The first-order valence-corrected chi connectivity index (χ1v) is 8.17. The summed E-state index contributed by atoms with van der Waals surface area (Å²) >= 11 is 18.5. The first kappa shape index (κ1) is 19.3. The number of carbonyl (C=O) groups excluding carboxylic acids is 1. The van der Waals surface area contributed by atoms with Crippen LogP contribution >= 0.6 is 34.8 Å². The molecule has 0 aliphatic rings. The van der Waals surface area contributed by atoms with Crippen LogP contribution in [-0.4, -0.2) is 17.4 Å². The number of nitro benzene ring substituents is 1. The van der Waals surface area contributed by atoms with Crippen molar-refractivity contribution < 1.29 is 14.5 Å². The number of benzene rings is 2. The van der Waals surface area contributed by atoms with E-state index in [1.807, 2.05) is 0 Å². The first-order chi connectivity index (χ1) is 11.7. The van der Waals surface area contributed by atoms with Gasteiger partial charge in [-0.05, 0) is 31.0 Å². The summed E-state index contributed by atoms with van der Waals surface area (Å²) in [6, 6.07) is 5.79. The van der Waals surface area contributed by atoms with Crippen LogP contribution in [0, 0.1) is 24.0 Å². The van der Waals surface area contributed by atoms with Crippen molar-refractivity contribution in [1.29, 1.82) is 0 Å². The molecule has 6 nitrogen and oxygen atoms in total. The monoisotopic (exact) mass is 402 g/mol. The Balaban J connectivity index is 2.16. The molecule has 1 amide bonds. The quantitative estimate of drug-likeness (QED) is 0.550. The number of halogens is 3. The zero-order valence-electron chi connectivity index (χ0n) is 13.2. The summed E-state index contributed by atoms with van der Waals surface area (Å²) in [5, 5.41) is 14.2. The van der Waals surface area contributed by atoms with Gasteiger partial charge < -0.3 is 10.1 Å². The number of amides is 1. The van der Waals surface area contributed by atoms with Gasteiger partial charge in [-0.15, -0.1) is 0 Å². The molecule has 0 bridgehead atoms. The number of carbonyl (C=O) groups is 1. The number of nitrogens with zero attached hydrogens (tertiary/aromatic N) is 1. The first-order valence-electron chi connectivity index (χ1n) is 7.03. The largest absolute Gasteiger partial charge is 0.481 e. The molecule has 0 aliphatic heterocycles. The predicted octanol–water partition coefficient (Wildman–Crippen LogP) is 5.19. The Bertz CT molecular complexity index is 827. The number of para-hydroxylation sites is 2. The molecule has 2 aromatic rings. The van der Waals surface area contributed by atoms with Crippen molar-refractivity contribution >= 4 is 52.1 Å². The summed E-state index contributed by atoms with van der Waals surface area (Å²) in [5.74, 6) is -0.452. The Labute approximate surface area is 158 Å². The van der Waals surface area contributed by atoms with Gasteiger partial charge in [-0.25, -0.2) is 0 Å². The van der Waals surface area contributed by atoms with Crippen molar-refractivity contribution in [2.24, 2.45) is 0 Å². The molecule has 132 valence electrons. The lowest BCUT2D eigenvalue weighted by Crippen LogP contribution is -2.21. The zero-order valence-corrected chi connectivity index (χ0v) is 15.5. The number of anilines is 1. The van der Waals surface area contributed by atoms with E-state index in [1.165, 1.54) is 18.2 Å². The van der Waals surface area contributed by atoms with Gasteiger partial charge in [0.25, 0.3) is 11.6 Å². The number of hydrogen-bond donors (Lipinski definition) is 1. The summed E-state index contributed by atoms with van der Waals surface area (Å²) in [6.45, 7) is 2.98. The summed E-state index contributed by atoms with van der Waals surface area (Å²) in [6.07, 6.45) is 0. The Kier molecular flexibility index (Phi) is 6.11. The lowest BCUT2D eigenvalue weighted by atomic mass is 10.1. The van der Waals surface area contributed by atoms with Crippen LogP contribution in [0.15, 0.2) is 24.3 Å². The molecule has 0 saturated carbocycles. The Morgan fingerprint density at radius 1 is 1.12 bits per heavy atom. The third kappa shape index (κ3) is 4.15. The summed E-state index contributed by atoms with van der Waals surface area (Å²) in [7, 11) is 0. The van der Waals surface area contributed by atoms with Crippen molar-refractivity contribution in [2.45, 2.75) is 13.8 Å². The fourth-order valence-corrected chi connectivity index (χ4v) is 2.92. The van der Waals surface area contributed by atoms with Gasteiger partial charge in [0.05, 0.1) is 15.0 Å². The highest BCUT2D eigenvalue weighted by molar-refractivity contribution is 6.42. The van der Waals surface area contributed by atoms with Gasteiger partial charge in [0.15, 0.2) is 12.4 Å². The van der Waals surface area contributed by atoms with Crippen molar-refractivity contribution in [3.05, 3.63) is 60.6 Å². The van der Waals surface area contributed by atoms with E-state index in [2.05, 4.69) is 5.32 Å². The van der Waals surface area contributed by atoms with Crippen molar-refractivity contribution in [2.75, 3.05) is 11.9 Å². The van der Waals surface area contributed by atoms with E-state index in [9.17, 15) is 14.9 Å². The van der Waals surface area contributed by atoms with Gasteiger partial charge in [-0.3, -0.25) is 14.9 Å². The SMILES string of the molecule is Cc1c(Cl)c(C)c(Cl)c(OCC(=O)Nc2ccccc2[N+](=O)[O-])c1Cl. The van der Waals surface area contributed by atoms with Crippen LogP contribution in [0.2, 0.25) is 15.1 Å². The highest BCUT2D eigenvalue weighted by Gasteiger charge is 2.20. The summed E-state index contributed by atoms with van der Waals surface area (Å²) < 4.78 is 5.41. The maximum Gasteiger partial charge on any atom is 0.292 e. The molecule has 2 aromatic carbocycles. The van der Waals surface area contributed by atoms with Gasteiger partial charge in [0.2, 0.25) is 0 Å². The molecule has 0 fully saturated rings. The van der Waals surface area contributed by atoms with E-state index in [1.54, 1.807) is 19.9 Å². The fraction of sp³-hybridized carbons (Fsp3) is 0.188. The molecule has 25 heavy (non-hydrogen) atoms. The van der Waals surface area contributed by atoms with E-state index in [4.69, 9.17) is 39.5 Å². The van der Waals surface area contributed by atoms with Crippen molar-refractivity contribution in [3.8, 4) is 5.75 Å². The van der Waals surface area contributed by atoms with Crippen molar-refractivity contribution in [3.63, 3.8) is 0 Å². The van der Waals surface area contributed by atoms with Crippen LogP contribution < -0.4 is 10.1 Å². The van der Waals surface area contributed by atoms with Crippen LogP contribution in [-0.2, 0) is 4.79 Å². The van der Waals surface area contributed by atoms with Gasteiger partial charge in [0.1, 0.15) is 5.69 Å². The Morgan fingerprint density at radius 2 is 1.68 bits per heavy atom. The van der Waals surface area contributed by atoms with E-state index in [0.29, 0.717) is 16.1 Å². The minimum absolute atomic E-state index is 0.0711. The second-order valence-corrected chi connectivity index (χ2v) is 6.27. The number of hydrogen-bond acceptors (Lipinski definition) is 4. The third-order valence-electron chi connectivity index (χ3n) is 3.44. The lowest BCUT2D eigenvalue weighted by Gasteiger charge is -2.15. The number of rotatable bonds is 5. The van der Waals surface area contributed by atoms with Crippen LogP contribution in [0.1, 0.15) is 11.1 Å². The normalized spacial score (nSPS) is 10.4. The number of nitrogens with one attached hydrogen (secondary N) is 1. The highest BCUT2D eigenvalue weighted by atomic mass is 35.5. The molecule has 0 aliphatic carbocycles. The molecule has 9 heteroatoms. The van der Waals surface area contributed by atoms with Gasteiger partial charge in [-0.2, -0.15) is 0 Å². The molecule has 0 spiro atoms. The molecule has 2 rings (SSSR count). The van der Waals surface area contributed by atoms with Gasteiger partial charge in [-0.1, -0.05) is 46.9 Å². The predicted molar refractivity (Wildman–Crippen MR) is 98.2 cm³/mol. The van der Waals surface area contributed by atoms with Crippen LogP contribution in [0.4, 0.5) is 11.4 Å². The minimum atomic E-state index is -0.591. The second-order valence-electron chi connectivity index (χ2n) is 5.13. The molecule has 0 atom stereocenters. The Morgan fingerprint density at radius 3 is 2.24 bits per heavy atom. The topological polar surface area (TPSA) is 81.5 Å². The summed E-state index contributed by atoms with van der Waals surface area (Å²) in [5.41, 5.74) is 1.02. The third-order valence-corrected chi connectivity index (χ3v) is 4.92. The Hall–Kier alpha value is -2.02. The molecule has 0 unspecified atom stereocenters. The standard InChI is InChI=1S/C16H13Cl3N2O4/c1-8-13(17)9(2)15(19)16(14(8)18)25-7-12(22)20-10-5-3-4-6-11(10)21(23)24/h3-6H,7H2,1-2H3,(H,20,22).